The molecule has 0 saturated heterocycles. The molecule has 0 saturated carbocycles. The molecule has 7 nitrogen and oxygen atoms in total. The summed E-state index contributed by atoms with van der Waals surface area (Å²) in [5.74, 6) is 0.618. The highest BCUT2D eigenvalue weighted by Gasteiger charge is 2.34. The third-order valence-corrected chi connectivity index (χ3v) is 3.53. The summed E-state index contributed by atoms with van der Waals surface area (Å²) >= 11 is 0. The van der Waals surface area contributed by atoms with Gasteiger partial charge >= 0.3 is 0 Å². The molecule has 2 unspecified atom stereocenters. The van der Waals surface area contributed by atoms with Gasteiger partial charge in [-0.3, -0.25) is 0 Å². The number of oxime groups is 1. The van der Waals surface area contributed by atoms with E-state index in [4.69, 9.17) is 9.57 Å². The van der Waals surface area contributed by atoms with E-state index in [1.54, 1.807) is 10.9 Å². The molecule has 0 bridgehead atoms. The van der Waals surface area contributed by atoms with Gasteiger partial charge in [-0.1, -0.05) is 35.5 Å². The van der Waals surface area contributed by atoms with Gasteiger partial charge in [0.1, 0.15) is 11.8 Å². The zero-order valence-corrected chi connectivity index (χ0v) is 11.2. The standard InChI is InChI=1S/C14H13N5O2/c1-2-4-10(5-3-1)9-19-14(15-17-18-19)11-8-13-12(21-16-11)6-7-20-13/h1-7,12-13H,8-9H2. The van der Waals surface area contributed by atoms with Crippen molar-refractivity contribution in [3.05, 3.63) is 54.1 Å². The summed E-state index contributed by atoms with van der Waals surface area (Å²) in [5, 5.41) is 16.0. The number of hydrogen-bond acceptors (Lipinski definition) is 6. The average molecular weight is 283 g/mol. The zero-order chi connectivity index (χ0) is 14.1. The van der Waals surface area contributed by atoms with Crippen molar-refractivity contribution in [2.45, 2.75) is 25.2 Å². The molecule has 1 aromatic carbocycles. The quantitative estimate of drug-likeness (QED) is 0.844. The summed E-state index contributed by atoms with van der Waals surface area (Å²) in [7, 11) is 0. The van der Waals surface area contributed by atoms with Gasteiger partial charge in [0, 0.05) is 6.42 Å². The maximum Gasteiger partial charge on any atom is 0.200 e. The first kappa shape index (κ1) is 12.1. The fraction of sp³-hybridized carbons (Fsp3) is 0.286. The van der Waals surface area contributed by atoms with E-state index in [2.05, 4.69) is 20.7 Å². The Balaban J connectivity index is 1.58. The summed E-state index contributed by atoms with van der Waals surface area (Å²) in [6.45, 7) is 0.593. The molecular formula is C14H13N5O2. The van der Waals surface area contributed by atoms with Gasteiger partial charge in [0.05, 0.1) is 12.8 Å². The van der Waals surface area contributed by atoms with Crippen LogP contribution in [0.4, 0.5) is 0 Å². The zero-order valence-electron chi connectivity index (χ0n) is 11.2. The number of nitrogens with zero attached hydrogens (tertiary/aromatic N) is 5. The highest BCUT2D eigenvalue weighted by molar-refractivity contribution is 5.97. The minimum absolute atomic E-state index is 0.0422. The second kappa shape index (κ2) is 5.01. The van der Waals surface area contributed by atoms with E-state index in [1.807, 2.05) is 36.4 Å². The van der Waals surface area contributed by atoms with Crippen molar-refractivity contribution in [3.63, 3.8) is 0 Å². The SMILES string of the molecule is C1=CC2ON=C(c3nnnn3Cc3ccccc3)CC2O1. The summed E-state index contributed by atoms with van der Waals surface area (Å²) in [6.07, 6.45) is 4.00. The van der Waals surface area contributed by atoms with Gasteiger partial charge in [0.15, 0.2) is 11.9 Å². The highest BCUT2D eigenvalue weighted by Crippen LogP contribution is 2.24. The van der Waals surface area contributed by atoms with Crippen LogP contribution in [0, 0.1) is 0 Å². The van der Waals surface area contributed by atoms with E-state index in [0.29, 0.717) is 24.5 Å². The van der Waals surface area contributed by atoms with Crippen molar-refractivity contribution in [3.8, 4) is 0 Å². The lowest BCUT2D eigenvalue weighted by molar-refractivity contribution is -0.00247. The van der Waals surface area contributed by atoms with Crippen LogP contribution in [0.15, 0.2) is 47.8 Å². The molecule has 106 valence electrons. The van der Waals surface area contributed by atoms with E-state index in [1.165, 1.54) is 0 Å². The lowest BCUT2D eigenvalue weighted by Crippen LogP contribution is -2.32. The monoisotopic (exact) mass is 283 g/mol. The largest absolute Gasteiger partial charge is 0.493 e. The number of hydrogen-bond donors (Lipinski definition) is 0. The van der Waals surface area contributed by atoms with Crippen molar-refractivity contribution in [1.29, 1.82) is 0 Å². The first-order valence-electron chi connectivity index (χ1n) is 6.75. The van der Waals surface area contributed by atoms with Crippen molar-refractivity contribution in [2.75, 3.05) is 0 Å². The second-order valence-corrected chi connectivity index (χ2v) is 4.96. The molecule has 2 aromatic rings. The fourth-order valence-electron chi connectivity index (χ4n) is 2.45. The molecule has 2 aliphatic heterocycles. The Morgan fingerprint density at radius 3 is 3.05 bits per heavy atom. The van der Waals surface area contributed by atoms with Gasteiger partial charge in [-0.15, -0.1) is 5.10 Å². The maximum absolute atomic E-state index is 5.48. The van der Waals surface area contributed by atoms with Crippen LogP contribution in [-0.2, 0) is 16.1 Å². The lowest BCUT2D eigenvalue weighted by atomic mass is 10.1. The van der Waals surface area contributed by atoms with Crippen LogP contribution in [0.3, 0.4) is 0 Å². The van der Waals surface area contributed by atoms with Crippen LogP contribution in [0.5, 0.6) is 0 Å². The minimum Gasteiger partial charge on any atom is -0.493 e. The molecule has 7 heteroatoms. The van der Waals surface area contributed by atoms with Crippen LogP contribution in [0.25, 0.3) is 0 Å². The number of rotatable bonds is 3. The van der Waals surface area contributed by atoms with Crippen LogP contribution in [-0.4, -0.2) is 38.1 Å². The second-order valence-electron chi connectivity index (χ2n) is 4.96. The Hall–Kier alpha value is -2.70. The molecule has 0 aliphatic carbocycles. The molecule has 0 fully saturated rings. The Bertz CT molecular complexity index is 694. The minimum atomic E-state index is -0.104. The molecule has 0 spiro atoms. The third kappa shape index (κ3) is 2.26. The number of fused-ring (bicyclic) bond motifs is 1. The van der Waals surface area contributed by atoms with Crippen molar-refractivity contribution < 1.29 is 9.57 Å². The van der Waals surface area contributed by atoms with E-state index in [0.717, 1.165) is 5.56 Å². The van der Waals surface area contributed by atoms with Crippen LogP contribution in [0.1, 0.15) is 17.8 Å². The smallest absolute Gasteiger partial charge is 0.200 e. The molecule has 2 atom stereocenters. The summed E-state index contributed by atoms with van der Waals surface area (Å²) < 4.78 is 7.20. The molecule has 3 heterocycles. The van der Waals surface area contributed by atoms with Crippen molar-refractivity contribution >= 4 is 5.71 Å². The van der Waals surface area contributed by atoms with Crippen molar-refractivity contribution in [2.24, 2.45) is 5.16 Å². The van der Waals surface area contributed by atoms with Gasteiger partial charge in [-0.05, 0) is 22.1 Å². The summed E-state index contributed by atoms with van der Waals surface area (Å²) in [6, 6.07) is 10.0. The van der Waals surface area contributed by atoms with E-state index in [-0.39, 0.29) is 12.2 Å². The Morgan fingerprint density at radius 1 is 1.24 bits per heavy atom. The normalized spacial score (nSPS) is 23.1. The Kier molecular flexibility index (Phi) is 2.88. The van der Waals surface area contributed by atoms with Gasteiger partial charge in [0.2, 0.25) is 0 Å². The number of benzene rings is 1. The molecule has 0 radical (unpaired) electrons. The predicted molar refractivity (Wildman–Crippen MR) is 73.4 cm³/mol. The molecule has 1 aromatic heterocycles. The van der Waals surface area contributed by atoms with Crippen molar-refractivity contribution in [1.82, 2.24) is 20.2 Å². The first-order valence-corrected chi connectivity index (χ1v) is 6.75. The Morgan fingerprint density at radius 2 is 2.14 bits per heavy atom. The number of tetrazole rings is 1. The third-order valence-electron chi connectivity index (χ3n) is 3.53. The van der Waals surface area contributed by atoms with Gasteiger partial charge in [0.25, 0.3) is 0 Å². The van der Waals surface area contributed by atoms with Gasteiger partial charge < -0.3 is 9.57 Å². The number of aromatic nitrogens is 4. The molecule has 0 N–H and O–H groups in total. The van der Waals surface area contributed by atoms with E-state index >= 15 is 0 Å². The van der Waals surface area contributed by atoms with Crippen LogP contribution >= 0.6 is 0 Å². The van der Waals surface area contributed by atoms with Crippen LogP contribution in [0.2, 0.25) is 0 Å². The molecule has 21 heavy (non-hydrogen) atoms. The first-order chi connectivity index (χ1) is 10.4. The average Bonchev–Trinajstić information content (AvgIpc) is 3.16. The van der Waals surface area contributed by atoms with Gasteiger partial charge in [-0.2, -0.15) is 0 Å². The van der Waals surface area contributed by atoms with E-state index in [9.17, 15) is 0 Å². The highest BCUT2D eigenvalue weighted by atomic mass is 16.7. The topological polar surface area (TPSA) is 74.4 Å². The summed E-state index contributed by atoms with van der Waals surface area (Å²) in [4.78, 5) is 5.41. The Labute approximate surface area is 120 Å². The predicted octanol–water partition coefficient (Wildman–Crippen LogP) is 1.13. The lowest BCUT2D eigenvalue weighted by Gasteiger charge is -2.22. The molecular weight excluding hydrogens is 270 g/mol. The molecule has 4 rings (SSSR count). The molecule has 0 amide bonds. The van der Waals surface area contributed by atoms with Gasteiger partial charge in [-0.25, -0.2) is 4.68 Å². The fourth-order valence-corrected chi connectivity index (χ4v) is 2.45. The van der Waals surface area contributed by atoms with Crippen LogP contribution < -0.4 is 0 Å². The van der Waals surface area contributed by atoms with E-state index < -0.39 is 0 Å². The maximum atomic E-state index is 5.48. The number of ether oxygens (including phenoxy) is 1. The summed E-state index contributed by atoms with van der Waals surface area (Å²) in [5.41, 5.74) is 1.83. The molecule has 2 aliphatic rings.